The molecule has 9 nitrogen and oxygen atoms in total. The summed E-state index contributed by atoms with van der Waals surface area (Å²) in [5.41, 5.74) is 2.29. The molecule has 32 heavy (non-hydrogen) atoms. The Labute approximate surface area is 184 Å². The van der Waals surface area contributed by atoms with E-state index in [1.165, 1.54) is 18.2 Å². The Hall–Kier alpha value is -4.14. The van der Waals surface area contributed by atoms with E-state index in [1.54, 1.807) is 25.1 Å². The van der Waals surface area contributed by atoms with E-state index < -0.39 is 30.4 Å². The summed E-state index contributed by atoms with van der Waals surface area (Å²) in [6.07, 6.45) is 1.34. The van der Waals surface area contributed by atoms with Gasteiger partial charge in [-0.05, 0) is 67.8 Å². The first-order valence-electron chi connectivity index (χ1n) is 9.80. The number of imide groups is 2. The lowest BCUT2D eigenvalue weighted by molar-refractivity contribution is -0.139. The van der Waals surface area contributed by atoms with Crippen LogP contribution >= 0.6 is 0 Å². The van der Waals surface area contributed by atoms with E-state index >= 15 is 0 Å². The molecule has 0 radical (unpaired) electrons. The molecule has 0 atom stereocenters. The Morgan fingerprint density at radius 1 is 1.03 bits per heavy atom. The van der Waals surface area contributed by atoms with Crippen molar-refractivity contribution in [3.05, 3.63) is 58.7 Å². The van der Waals surface area contributed by atoms with Crippen LogP contribution in [0.3, 0.4) is 0 Å². The molecule has 0 aliphatic carbocycles. The smallest absolute Gasteiger partial charge is 0.341 e. The molecule has 166 valence electrons. The topological polar surface area (TPSA) is 122 Å². The molecule has 2 aromatic carbocycles. The summed E-state index contributed by atoms with van der Waals surface area (Å²) in [6, 6.07) is 8.99. The molecule has 0 bridgehead atoms. The summed E-state index contributed by atoms with van der Waals surface area (Å²) in [6.45, 7) is 5.17. The SMILES string of the molecule is CCOc1cc(/C=C2\C(=O)NC(=O)N(c3cc(C)cc(C)c3)C2=O)ccc1OCC(=O)O. The third-order valence-corrected chi connectivity index (χ3v) is 4.50. The lowest BCUT2D eigenvalue weighted by atomic mass is 10.0. The molecule has 1 aliphatic rings. The second kappa shape index (κ2) is 9.34. The number of hydrogen-bond donors (Lipinski definition) is 2. The number of carbonyl (C=O) groups is 4. The number of anilines is 1. The Morgan fingerprint density at radius 2 is 1.72 bits per heavy atom. The van der Waals surface area contributed by atoms with Crippen molar-refractivity contribution in [1.82, 2.24) is 5.32 Å². The van der Waals surface area contributed by atoms with Crippen LogP contribution < -0.4 is 19.7 Å². The minimum Gasteiger partial charge on any atom is -0.490 e. The van der Waals surface area contributed by atoms with Crippen LogP contribution in [0.2, 0.25) is 0 Å². The van der Waals surface area contributed by atoms with Crippen LogP contribution in [0.5, 0.6) is 11.5 Å². The summed E-state index contributed by atoms with van der Waals surface area (Å²) in [7, 11) is 0. The van der Waals surface area contributed by atoms with Gasteiger partial charge in [-0.15, -0.1) is 0 Å². The van der Waals surface area contributed by atoms with Gasteiger partial charge in [-0.2, -0.15) is 0 Å². The zero-order chi connectivity index (χ0) is 23.4. The number of amides is 4. The molecule has 2 aromatic rings. The Balaban J connectivity index is 1.98. The molecule has 1 fully saturated rings. The molecule has 3 rings (SSSR count). The first-order valence-corrected chi connectivity index (χ1v) is 9.80. The maximum Gasteiger partial charge on any atom is 0.341 e. The van der Waals surface area contributed by atoms with Crippen molar-refractivity contribution in [2.45, 2.75) is 20.8 Å². The monoisotopic (exact) mass is 438 g/mol. The third-order valence-electron chi connectivity index (χ3n) is 4.50. The normalized spacial score (nSPS) is 15.0. The average molecular weight is 438 g/mol. The zero-order valence-corrected chi connectivity index (χ0v) is 17.8. The van der Waals surface area contributed by atoms with Gasteiger partial charge in [-0.1, -0.05) is 12.1 Å². The van der Waals surface area contributed by atoms with Crippen LogP contribution in [0.15, 0.2) is 42.0 Å². The van der Waals surface area contributed by atoms with Gasteiger partial charge in [-0.25, -0.2) is 14.5 Å². The maximum absolute atomic E-state index is 13.1. The van der Waals surface area contributed by atoms with Crippen molar-refractivity contribution in [2.24, 2.45) is 0 Å². The number of barbiturate groups is 1. The van der Waals surface area contributed by atoms with Gasteiger partial charge in [0, 0.05) is 0 Å². The fraction of sp³-hybridized carbons (Fsp3) is 0.217. The third kappa shape index (κ3) is 4.94. The Morgan fingerprint density at radius 3 is 2.34 bits per heavy atom. The quantitative estimate of drug-likeness (QED) is 0.503. The first-order chi connectivity index (χ1) is 15.2. The number of aliphatic carboxylic acids is 1. The van der Waals surface area contributed by atoms with Gasteiger partial charge >= 0.3 is 12.0 Å². The predicted molar refractivity (Wildman–Crippen MR) is 116 cm³/mol. The van der Waals surface area contributed by atoms with E-state index in [-0.39, 0.29) is 23.7 Å². The highest BCUT2D eigenvalue weighted by Gasteiger charge is 2.37. The fourth-order valence-corrected chi connectivity index (χ4v) is 3.28. The van der Waals surface area contributed by atoms with Gasteiger partial charge in [0.15, 0.2) is 18.1 Å². The number of ether oxygens (including phenoxy) is 2. The minimum absolute atomic E-state index is 0.211. The number of benzene rings is 2. The van der Waals surface area contributed by atoms with Crippen molar-refractivity contribution in [3.63, 3.8) is 0 Å². The van der Waals surface area contributed by atoms with E-state index in [2.05, 4.69) is 5.32 Å². The van der Waals surface area contributed by atoms with E-state index in [0.717, 1.165) is 16.0 Å². The zero-order valence-electron chi connectivity index (χ0n) is 17.8. The summed E-state index contributed by atoms with van der Waals surface area (Å²) in [5, 5.41) is 11.0. The number of nitrogens with zero attached hydrogens (tertiary/aromatic N) is 1. The number of hydrogen-bond acceptors (Lipinski definition) is 6. The van der Waals surface area contributed by atoms with Crippen LogP contribution in [-0.4, -0.2) is 42.1 Å². The second-order valence-electron chi connectivity index (χ2n) is 7.13. The molecule has 2 N–H and O–H groups in total. The van der Waals surface area contributed by atoms with Crippen molar-refractivity contribution < 1.29 is 33.8 Å². The molecule has 0 saturated carbocycles. The highest BCUT2D eigenvalue weighted by Crippen LogP contribution is 2.30. The Bertz CT molecular complexity index is 1120. The van der Waals surface area contributed by atoms with Crippen LogP contribution in [-0.2, 0) is 14.4 Å². The molecule has 4 amide bonds. The fourth-order valence-electron chi connectivity index (χ4n) is 3.28. The molecule has 1 heterocycles. The van der Waals surface area contributed by atoms with Gasteiger partial charge in [-0.3, -0.25) is 14.9 Å². The first kappa shape index (κ1) is 22.5. The standard InChI is InChI=1S/C23H22N2O7/c1-4-31-19-11-15(5-6-18(19)32-12-20(26)27)10-17-21(28)24-23(30)25(22(17)29)16-8-13(2)7-14(3)9-16/h5-11H,4,12H2,1-3H3,(H,26,27)(H,24,28,30)/b17-10+. The number of carbonyl (C=O) groups excluding carboxylic acids is 3. The average Bonchev–Trinajstić information content (AvgIpc) is 2.69. The summed E-state index contributed by atoms with van der Waals surface area (Å²) in [5.74, 6) is -2.24. The minimum atomic E-state index is -1.14. The van der Waals surface area contributed by atoms with Gasteiger partial charge in [0.25, 0.3) is 11.8 Å². The van der Waals surface area contributed by atoms with Crippen LogP contribution in [0, 0.1) is 13.8 Å². The molecule has 0 aromatic heterocycles. The number of urea groups is 1. The van der Waals surface area contributed by atoms with E-state index in [0.29, 0.717) is 11.3 Å². The van der Waals surface area contributed by atoms with Gasteiger partial charge < -0.3 is 14.6 Å². The van der Waals surface area contributed by atoms with Gasteiger partial charge in [0.2, 0.25) is 0 Å². The summed E-state index contributed by atoms with van der Waals surface area (Å²) < 4.78 is 10.7. The number of rotatable bonds is 7. The molecule has 9 heteroatoms. The summed E-state index contributed by atoms with van der Waals surface area (Å²) >= 11 is 0. The largest absolute Gasteiger partial charge is 0.490 e. The van der Waals surface area contributed by atoms with Crippen molar-refractivity contribution in [1.29, 1.82) is 0 Å². The van der Waals surface area contributed by atoms with E-state index in [1.807, 2.05) is 19.9 Å². The highest BCUT2D eigenvalue weighted by atomic mass is 16.5. The van der Waals surface area contributed by atoms with Crippen LogP contribution in [0.25, 0.3) is 6.08 Å². The molecule has 1 aliphatic heterocycles. The van der Waals surface area contributed by atoms with Crippen LogP contribution in [0.1, 0.15) is 23.6 Å². The summed E-state index contributed by atoms with van der Waals surface area (Å²) in [4.78, 5) is 49.6. The molecular formula is C23H22N2O7. The van der Waals surface area contributed by atoms with Crippen molar-refractivity contribution in [3.8, 4) is 11.5 Å². The van der Waals surface area contributed by atoms with Crippen molar-refractivity contribution in [2.75, 3.05) is 18.1 Å². The predicted octanol–water partition coefficient (Wildman–Crippen LogP) is 2.83. The number of nitrogens with one attached hydrogen (secondary N) is 1. The number of carboxylic acids is 1. The second-order valence-corrected chi connectivity index (χ2v) is 7.13. The number of carboxylic acid groups (broad SMARTS) is 1. The lowest BCUT2D eigenvalue weighted by Gasteiger charge is -2.27. The maximum atomic E-state index is 13.1. The van der Waals surface area contributed by atoms with E-state index in [4.69, 9.17) is 14.6 Å². The van der Waals surface area contributed by atoms with Crippen molar-refractivity contribution >= 4 is 35.6 Å². The van der Waals surface area contributed by atoms with E-state index in [9.17, 15) is 19.2 Å². The molecule has 0 spiro atoms. The highest BCUT2D eigenvalue weighted by molar-refractivity contribution is 6.39. The number of aryl methyl sites for hydroxylation is 2. The lowest BCUT2D eigenvalue weighted by Crippen LogP contribution is -2.54. The Kier molecular flexibility index (Phi) is 6.58. The molecule has 0 unspecified atom stereocenters. The molecular weight excluding hydrogens is 416 g/mol. The van der Waals surface area contributed by atoms with Crippen LogP contribution in [0.4, 0.5) is 10.5 Å². The van der Waals surface area contributed by atoms with Gasteiger partial charge in [0.05, 0.1) is 12.3 Å². The molecule has 1 saturated heterocycles. The van der Waals surface area contributed by atoms with Gasteiger partial charge in [0.1, 0.15) is 5.57 Å².